The van der Waals surface area contributed by atoms with Gasteiger partial charge in [-0.2, -0.15) is 0 Å². The third kappa shape index (κ3) is 3.91. The van der Waals surface area contributed by atoms with E-state index in [0.717, 1.165) is 0 Å². The minimum absolute atomic E-state index is 0.388. The fraction of sp³-hybridized carbons (Fsp3) is 0.250. The predicted octanol–water partition coefficient (Wildman–Crippen LogP) is 6.78. The number of rotatable bonds is 6. The first-order valence-corrected chi connectivity index (χ1v) is 9.36. The van der Waals surface area contributed by atoms with Crippen LogP contribution >= 0.6 is 0 Å². The number of nitrogens with zero attached hydrogens (tertiary/aromatic N) is 2. The maximum Gasteiger partial charge on any atom is 0.0414 e. The Hall–Kier alpha value is -2.74. The van der Waals surface area contributed by atoms with Crippen LogP contribution in [-0.2, 0) is 0 Å². The van der Waals surface area contributed by atoms with E-state index < -0.39 is 0 Å². The molecule has 0 atom stereocenters. The molecule has 134 valence electrons. The van der Waals surface area contributed by atoms with Gasteiger partial charge in [-0.05, 0) is 76.2 Å². The lowest BCUT2D eigenvalue weighted by Gasteiger charge is -2.32. The Balaban J connectivity index is 1.94. The highest BCUT2D eigenvalue weighted by molar-refractivity contribution is 5.70. The number of hydrogen-bond acceptors (Lipinski definition) is 2. The van der Waals surface area contributed by atoms with Gasteiger partial charge in [0.2, 0.25) is 0 Å². The zero-order chi connectivity index (χ0) is 18.5. The van der Waals surface area contributed by atoms with Crippen molar-refractivity contribution in [2.24, 2.45) is 0 Å². The molecule has 0 aliphatic rings. The van der Waals surface area contributed by atoms with Crippen molar-refractivity contribution >= 4 is 22.7 Å². The standard InChI is InChI=1S/C24H28N2/c1-19(2)25(21-11-7-5-8-12-21)23-15-17-24(18-16-23)26(20(3)4)22-13-9-6-10-14-22/h5-20H,1-4H3. The van der Waals surface area contributed by atoms with E-state index >= 15 is 0 Å². The SMILES string of the molecule is CC(C)N(c1ccccc1)c1ccc(N(c2ccccc2)C(C)C)cc1. The van der Waals surface area contributed by atoms with Crippen LogP contribution in [0.25, 0.3) is 0 Å². The molecule has 0 radical (unpaired) electrons. The maximum atomic E-state index is 2.37. The number of benzene rings is 3. The van der Waals surface area contributed by atoms with Gasteiger partial charge in [-0.25, -0.2) is 0 Å². The Morgan fingerprint density at radius 2 is 0.692 bits per heavy atom. The molecule has 0 fully saturated rings. The Morgan fingerprint density at radius 3 is 0.962 bits per heavy atom. The van der Waals surface area contributed by atoms with Crippen LogP contribution in [0.3, 0.4) is 0 Å². The van der Waals surface area contributed by atoms with Crippen LogP contribution < -0.4 is 9.80 Å². The van der Waals surface area contributed by atoms with Crippen molar-refractivity contribution in [1.29, 1.82) is 0 Å². The summed E-state index contributed by atoms with van der Waals surface area (Å²) in [4.78, 5) is 4.73. The van der Waals surface area contributed by atoms with E-state index in [-0.39, 0.29) is 0 Å². The van der Waals surface area contributed by atoms with Crippen molar-refractivity contribution in [1.82, 2.24) is 0 Å². The second-order valence-corrected chi connectivity index (χ2v) is 7.11. The minimum Gasteiger partial charge on any atom is -0.339 e. The van der Waals surface area contributed by atoms with E-state index in [1.165, 1.54) is 22.7 Å². The van der Waals surface area contributed by atoms with E-state index in [0.29, 0.717) is 12.1 Å². The van der Waals surface area contributed by atoms with Gasteiger partial charge in [0.05, 0.1) is 0 Å². The molecule has 0 saturated heterocycles. The van der Waals surface area contributed by atoms with Gasteiger partial charge in [-0.3, -0.25) is 0 Å². The first-order chi connectivity index (χ1) is 12.6. The topological polar surface area (TPSA) is 6.48 Å². The number of hydrogen-bond donors (Lipinski definition) is 0. The van der Waals surface area contributed by atoms with Gasteiger partial charge < -0.3 is 9.80 Å². The van der Waals surface area contributed by atoms with Crippen molar-refractivity contribution in [3.8, 4) is 0 Å². The zero-order valence-electron chi connectivity index (χ0n) is 16.1. The Morgan fingerprint density at radius 1 is 0.423 bits per heavy atom. The molecule has 0 unspecified atom stereocenters. The van der Waals surface area contributed by atoms with Crippen LogP contribution in [0.5, 0.6) is 0 Å². The van der Waals surface area contributed by atoms with E-state index in [1.807, 2.05) is 0 Å². The molecule has 0 heterocycles. The molecule has 2 nitrogen and oxygen atoms in total. The van der Waals surface area contributed by atoms with Gasteiger partial charge in [-0.15, -0.1) is 0 Å². The van der Waals surface area contributed by atoms with Crippen LogP contribution in [0.2, 0.25) is 0 Å². The largest absolute Gasteiger partial charge is 0.339 e. The van der Waals surface area contributed by atoms with E-state index in [1.54, 1.807) is 0 Å². The molecule has 3 aromatic carbocycles. The molecule has 3 rings (SSSR count). The summed E-state index contributed by atoms with van der Waals surface area (Å²) >= 11 is 0. The highest BCUT2D eigenvalue weighted by atomic mass is 15.2. The molecule has 0 aromatic heterocycles. The molecule has 0 bridgehead atoms. The van der Waals surface area contributed by atoms with Gasteiger partial charge in [-0.1, -0.05) is 36.4 Å². The van der Waals surface area contributed by atoms with Crippen molar-refractivity contribution in [2.75, 3.05) is 9.80 Å². The lowest BCUT2D eigenvalue weighted by molar-refractivity contribution is 0.783. The van der Waals surface area contributed by atoms with Gasteiger partial charge in [0, 0.05) is 34.8 Å². The molecular formula is C24H28N2. The summed E-state index contributed by atoms with van der Waals surface area (Å²) in [6, 6.07) is 30.8. The molecule has 0 aliphatic heterocycles. The van der Waals surface area contributed by atoms with Crippen molar-refractivity contribution in [2.45, 2.75) is 39.8 Å². The second kappa shape index (κ2) is 8.09. The lowest BCUT2D eigenvalue weighted by Crippen LogP contribution is -2.26. The summed E-state index contributed by atoms with van der Waals surface area (Å²) < 4.78 is 0. The first kappa shape index (κ1) is 18.1. The molecule has 0 aliphatic carbocycles. The van der Waals surface area contributed by atoms with Gasteiger partial charge in [0.15, 0.2) is 0 Å². The summed E-state index contributed by atoms with van der Waals surface area (Å²) in [5.41, 5.74) is 4.87. The van der Waals surface area contributed by atoms with Crippen LogP contribution in [0.4, 0.5) is 22.7 Å². The van der Waals surface area contributed by atoms with E-state index in [9.17, 15) is 0 Å². The quantitative estimate of drug-likeness (QED) is 0.486. The molecule has 3 aromatic rings. The maximum absolute atomic E-state index is 2.37. The third-order valence-corrected chi connectivity index (χ3v) is 4.51. The fourth-order valence-electron chi connectivity index (χ4n) is 3.44. The summed E-state index contributed by atoms with van der Waals surface area (Å²) in [7, 11) is 0. The number of para-hydroxylation sites is 2. The van der Waals surface area contributed by atoms with Crippen molar-refractivity contribution in [3.05, 3.63) is 84.9 Å². The molecule has 0 saturated carbocycles. The fourth-order valence-corrected chi connectivity index (χ4v) is 3.44. The predicted molar refractivity (Wildman–Crippen MR) is 114 cm³/mol. The van der Waals surface area contributed by atoms with Gasteiger partial charge in [0.25, 0.3) is 0 Å². The third-order valence-electron chi connectivity index (χ3n) is 4.51. The van der Waals surface area contributed by atoms with Crippen LogP contribution in [-0.4, -0.2) is 12.1 Å². The summed E-state index contributed by atoms with van der Waals surface area (Å²) in [6.45, 7) is 8.91. The van der Waals surface area contributed by atoms with Crippen LogP contribution in [0.15, 0.2) is 84.9 Å². The molecular weight excluding hydrogens is 316 g/mol. The zero-order valence-corrected chi connectivity index (χ0v) is 16.1. The monoisotopic (exact) mass is 344 g/mol. The average Bonchev–Trinajstić information content (AvgIpc) is 2.65. The summed E-state index contributed by atoms with van der Waals surface area (Å²) in [5.74, 6) is 0. The minimum atomic E-state index is 0.388. The van der Waals surface area contributed by atoms with E-state index in [2.05, 4.69) is 122 Å². The molecule has 2 heteroatoms. The summed E-state index contributed by atoms with van der Waals surface area (Å²) in [6.07, 6.45) is 0. The molecule has 0 spiro atoms. The van der Waals surface area contributed by atoms with Crippen molar-refractivity contribution in [3.63, 3.8) is 0 Å². The molecule has 26 heavy (non-hydrogen) atoms. The normalized spacial score (nSPS) is 11.0. The Labute approximate surface area is 157 Å². The highest BCUT2D eigenvalue weighted by Crippen LogP contribution is 2.32. The summed E-state index contributed by atoms with van der Waals surface area (Å²) in [5, 5.41) is 0. The van der Waals surface area contributed by atoms with Gasteiger partial charge >= 0.3 is 0 Å². The molecule has 0 N–H and O–H groups in total. The first-order valence-electron chi connectivity index (χ1n) is 9.36. The number of anilines is 4. The van der Waals surface area contributed by atoms with Crippen molar-refractivity contribution < 1.29 is 0 Å². The Bertz CT molecular complexity index is 722. The van der Waals surface area contributed by atoms with Gasteiger partial charge in [0.1, 0.15) is 0 Å². The highest BCUT2D eigenvalue weighted by Gasteiger charge is 2.16. The second-order valence-electron chi connectivity index (χ2n) is 7.11. The van der Waals surface area contributed by atoms with Crippen LogP contribution in [0.1, 0.15) is 27.7 Å². The van der Waals surface area contributed by atoms with Crippen LogP contribution in [0, 0.1) is 0 Å². The lowest BCUT2D eigenvalue weighted by atomic mass is 10.1. The Kier molecular flexibility index (Phi) is 5.62. The average molecular weight is 345 g/mol. The van der Waals surface area contributed by atoms with E-state index in [4.69, 9.17) is 0 Å². The molecule has 0 amide bonds. The smallest absolute Gasteiger partial charge is 0.0414 e.